The molecule has 0 saturated carbocycles. The number of rotatable bonds is 8. The van der Waals surface area contributed by atoms with Gasteiger partial charge < -0.3 is 5.32 Å². The van der Waals surface area contributed by atoms with Crippen molar-refractivity contribution in [2.75, 3.05) is 42.9 Å². The minimum absolute atomic E-state index is 0.00975. The molecule has 3 amide bonds. The van der Waals surface area contributed by atoms with Gasteiger partial charge in [0.25, 0.3) is 0 Å². The molecular weight excluding hydrogens is 637 g/mol. The van der Waals surface area contributed by atoms with Crippen molar-refractivity contribution >= 4 is 44.6 Å². The highest BCUT2D eigenvalue weighted by Crippen LogP contribution is 2.34. The van der Waals surface area contributed by atoms with Crippen molar-refractivity contribution in [3.8, 4) is 0 Å². The monoisotopic (exact) mass is 675 g/mol. The van der Waals surface area contributed by atoms with Gasteiger partial charge in [-0.05, 0) is 80.1 Å². The van der Waals surface area contributed by atoms with Gasteiger partial charge in [-0.3, -0.25) is 24.6 Å². The van der Waals surface area contributed by atoms with Gasteiger partial charge >= 0.3 is 6.03 Å². The average Bonchev–Trinajstić information content (AvgIpc) is 3.41. The molecule has 0 aliphatic carbocycles. The fraction of sp³-hybridized carbons (Fsp3) is 0.424. The van der Waals surface area contributed by atoms with Crippen molar-refractivity contribution in [1.29, 1.82) is 0 Å². The first-order chi connectivity index (χ1) is 23.1. The van der Waals surface area contributed by atoms with Gasteiger partial charge in [0.1, 0.15) is 0 Å². The van der Waals surface area contributed by atoms with Crippen molar-refractivity contribution in [3.63, 3.8) is 0 Å². The van der Waals surface area contributed by atoms with Crippen LogP contribution in [0.1, 0.15) is 49.1 Å². The third-order valence-electron chi connectivity index (χ3n) is 9.57. The number of amides is 3. The number of benzene rings is 2. The lowest BCUT2D eigenvalue weighted by molar-refractivity contribution is -0.120. The van der Waals surface area contributed by atoms with Crippen LogP contribution in [-0.4, -0.2) is 88.1 Å². The van der Waals surface area contributed by atoms with E-state index in [1.807, 2.05) is 25.2 Å². The summed E-state index contributed by atoms with van der Waals surface area (Å²) in [7, 11) is -1.78. The smallest absolute Gasteiger partial charge is 0.329 e. The average molecular weight is 676 g/mol. The molecule has 13 nitrogen and oxygen atoms in total. The van der Waals surface area contributed by atoms with E-state index >= 15 is 0 Å². The van der Waals surface area contributed by atoms with Crippen molar-refractivity contribution in [2.45, 2.75) is 55.5 Å². The Bertz CT molecular complexity index is 1940. The fourth-order valence-corrected chi connectivity index (χ4v) is 8.46. The zero-order valence-electron chi connectivity index (χ0n) is 26.7. The molecule has 0 radical (unpaired) electrons. The number of fused-ring (bicyclic) bond motifs is 1. The maximum absolute atomic E-state index is 13.6. The number of carbonyl (C=O) groups excluding carboxylic acids is 2. The maximum atomic E-state index is 13.6. The molecular formula is C33H38FN9O4S. The number of hydrogen-bond donors (Lipinski definition) is 2. The van der Waals surface area contributed by atoms with E-state index in [0.29, 0.717) is 61.6 Å². The number of carbonyl (C=O) groups is 2. The highest BCUT2D eigenvalue weighted by atomic mass is 32.2. The summed E-state index contributed by atoms with van der Waals surface area (Å²) in [6, 6.07) is 13.1. The number of aromatic nitrogens is 4. The summed E-state index contributed by atoms with van der Waals surface area (Å²) in [5.74, 6) is 0.489. The molecule has 15 heteroatoms. The maximum Gasteiger partial charge on any atom is 0.329 e. The number of aryl methyl sites for hydroxylation is 1. The van der Waals surface area contributed by atoms with Gasteiger partial charge in [0.05, 0.1) is 22.8 Å². The van der Waals surface area contributed by atoms with Gasteiger partial charge in [-0.2, -0.15) is 9.40 Å². The Morgan fingerprint density at radius 2 is 1.71 bits per heavy atom. The van der Waals surface area contributed by atoms with Crippen LogP contribution in [0.25, 0.3) is 10.9 Å². The molecule has 2 aromatic heterocycles. The molecule has 2 N–H and O–H groups in total. The number of nitrogens with zero attached hydrogens (tertiary/aromatic N) is 7. The predicted octanol–water partition coefficient (Wildman–Crippen LogP) is 3.59. The minimum Gasteiger partial charge on any atom is -0.351 e. The Morgan fingerprint density at radius 3 is 2.44 bits per heavy atom. The van der Waals surface area contributed by atoms with Gasteiger partial charge in [0.2, 0.25) is 21.9 Å². The molecule has 3 aliphatic rings. The molecule has 3 aliphatic heterocycles. The van der Waals surface area contributed by atoms with Crippen LogP contribution < -0.4 is 15.5 Å². The lowest BCUT2D eigenvalue weighted by Gasteiger charge is -2.33. The third kappa shape index (κ3) is 6.62. The molecule has 48 heavy (non-hydrogen) atoms. The number of imide groups is 1. The van der Waals surface area contributed by atoms with Gasteiger partial charge in [-0.1, -0.05) is 18.2 Å². The van der Waals surface area contributed by atoms with E-state index in [-0.39, 0.29) is 18.4 Å². The fourth-order valence-electron chi connectivity index (χ4n) is 6.92. The van der Waals surface area contributed by atoms with Crippen molar-refractivity contribution in [3.05, 3.63) is 71.8 Å². The molecule has 0 unspecified atom stereocenters. The van der Waals surface area contributed by atoms with Gasteiger partial charge in [0, 0.05) is 51.1 Å². The quantitative estimate of drug-likeness (QED) is 0.286. The second kappa shape index (κ2) is 13.2. The van der Waals surface area contributed by atoms with E-state index in [1.165, 1.54) is 14.8 Å². The van der Waals surface area contributed by atoms with Crippen LogP contribution in [0, 0.1) is 5.82 Å². The normalized spacial score (nSPS) is 19.2. The van der Waals surface area contributed by atoms with Crippen LogP contribution in [0.5, 0.6) is 0 Å². The zero-order valence-corrected chi connectivity index (χ0v) is 27.5. The molecule has 4 aromatic rings. The van der Waals surface area contributed by atoms with Crippen molar-refractivity contribution in [2.24, 2.45) is 7.05 Å². The Balaban J connectivity index is 0.946. The van der Waals surface area contributed by atoms with E-state index in [9.17, 15) is 22.4 Å². The summed E-state index contributed by atoms with van der Waals surface area (Å²) >= 11 is 0. The molecule has 3 fully saturated rings. The van der Waals surface area contributed by atoms with Crippen LogP contribution in [0.15, 0.2) is 59.8 Å². The third-order valence-corrected chi connectivity index (χ3v) is 11.5. The molecule has 2 aromatic carbocycles. The molecule has 0 spiro atoms. The second-order valence-corrected chi connectivity index (χ2v) is 14.7. The molecule has 0 bridgehead atoms. The Labute approximate surface area is 278 Å². The van der Waals surface area contributed by atoms with E-state index in [2.05, 4.69) is 42.7 Å². The van der Waals surface area contributed by atoms with Crippen LogP contribution in [-0.2, 0) is 28.4 Å². The van der Waals surface area contributed by atoms with Crippen molar-refractivity contribution < 1.29 is 22.4 Å². The number of piperidine rings is 2. The Kier molecular flexibility index (Phi) is 8.83. The van der Waals surface area contributed by atoms with Crippen molar-refractivity contribution in [1.82, 2.24) is 34.3 Å². The van der Waals surface area contributed by atoms with Crippen LogP contribution >= 0.6 is 0 Å². The number of anilines is 2. The lowest BCUT2D eigenvalue weighted by Crippen LogP contribution is -2.49. The summed E-state index contributed by atoms with van der Waals surface area (Å²) in [6.45, 7) is 3.49. The number of urea groups is 1. The summed E-state index contributed by atoms with van der Waals surface area (Å²) in [4.78, 5) is 36.1. The zero-order chi connectivity index (χ0) is 33.4. The summed E-state index contributed by atoms with van der Waals surface area (Å²) in [5.41, 5.74) is 3.13. The highest BCUT2D eigenvalue weighted by molar-refractivity contribution is 7.89. The van der Waals surface area contributed by atoms with Gasteiger partial charge in [-0.25, -0.2) is 27.6 Å². The van der Waals surface area contributed by atoms with Crippen LogP contribution in [0.4, 0.5) is 21.0 Å². The van der Waals surface area contributed by atoms with E-state index < -0.39 is 21.9 Å². The first-order valence-electron chi connectivity index (χ1n) is 16.3. The SMILES string of the molecule is Cn1nc(N2CCC(=O)NC2=O)c2ccc(C3CCN(Cc4cccc(S(=O)(=O)N5CCC(Nc6ncc(F)cn6)CC5)c4)CC3)cc21. The number of hydrogen-bond acceptors (Lipinski definition) is 9. The van der Waals surface area contributed by atoms with E-state index in [4.69, 9.17) is 0 Å². The molecule has 5 heterocycles. The van der Waals surface area contributed by atoms with E-state index in [1.54, 1.807) is 16.8 Å². The number of sulfonamides is 1. The first-order valence-corrected chi connectivity index (χ1v) is 17.7. The van der Waals surface area contributed by atoms with Gasteiger partial charge in [-0.15, -0.1) is 0 Å². The van der Waals surface area contributed by atoms with Crippen LogP contribution in [0.2, 0.25) is 0 Å². The standard InChI is InChI=1S/C33H38FN9O4S/c1-40-29-18-24(5-6-28(29)31(39-40)43-16-11-30(44)38-33(43)45)23-7-12-41(13-8-23)21-22-3-2-4-27(17-22)48(46,47)42-14-9-26(10-15-42)37-32-35-19-25(34)20-36-32/h2-6,17-20,23,26H,7-16,21H2,1H3,(H,35,36,37)(H,38,44,45). The largest absolute Gasteiger partial charge is 0.351 e. The number of halogens is 1. The Hall–Kier alpha value is -4.47. The Morgan fingerprint density at radius 1 is 0.958 bits per heavy atom. The molecule has 252 valence electrons. The van der Waals surface area contributed by atoms with Gasteiger partial charge in [0.15, 0.2) is 11.6 Å². The molecule has 7 rings (SSSR count). The van der Waals surface area contributed by atoms with E-state index in [0.717, 1.165) is 54.8 Å². The highest BCUT2D eigenvalue weighted by Gasteiger charge is 2.31. The topological polar surface area (TPSA) is 146 Å². The molecule has 0 atom stereocenters. The summed E-state index contributed by atoms with van der Waals surface area (Å²) in [5, 5.41) is 11.0. The summed E-state index contributed by atoms with van der Waals surface area (Å²) in [6.07, 6.45) is 5.59. The number of likely N-dealkylation sites (tertiary alicyclic amines) is 1. The second-order valence-electron chi connectivity index (χ2n) is 12.7. The predicted molar refractivity (Wildman–Crippen MR) is 177 cm³/mol. The summed E-state index contributed by atoms with van der Waals surface area (Å²) < 4.78 is 43.5. The molecule has 3 saturated heterocycles. The first kappa shape index (κ1) is 32.1. The lowest BCUT2D eigenvalue weighted by atomic mass is 9.89. The minimum atomic E-state index is -3.65. The number of nitrogens with one attached hydrogen (secondary N) is 2. The van der Waals surface area contributed by atoms with Crippen LogP contribution in [0.3, 0.4) is 0 Å².